The zero-order valence-electron chi connectivity index (χ0n) is 10.8. The Bertz CT molecular complexity index is 474. The molecule has 0 heterocycles. The van der Waals surface area contributed by atoms with Gasteiger partial charge in [0.05, 0.1) is 16.3 Å². The number of alkyl halides is 1. The highest BCUT2D eigenvalue weighted by Crippen LogP contribution is 2.23. The minimum atomic E-state index is -3.19. The molecular formula is C13H20ClNO2S. The fraction of sp³-hybridized carbons (Fsp3) is 0.538. The second-order valence-electron chi connectivity index (χ2n) is 4.13. The molecule has 1 atom stereocenters. The first-order valence-electron chi connectivity index (χ1n) is 6.19. The number of hydrogen-bond acceptors (Lipinski definition) is 3. The minimum Gasteiger partial charge on any atom is -0.381 e. The van der Waals surface area contributed by atoms with Crippen molar-refractivity contribution in [1.82, 2.24) is 0 Å². The molecule has 0 aromatic heterocycles. The van der Waals surface area contributed by atoms with E-state index in [0.29, 0.717) is 16.5 Å². The smallest absolute Gasteiger partial charge is 0.180 e. The average Bonchev–Trinajstić information content (AvgIpc) is 2.38. The quantitative estimate of drug-likeness (QED) is 0.784. The van der Waals surface area contributed by atoms with E-state index in [4.69, 9.17) is 11.6 Å². The van der Waals surface area contributed by atoms with E-state index in [0.717, 1.165) is 12.8 Å². The van der Waals surface area contributed by atoms with Gasteiger partial charge in [-0.2, -0.15) is 0 Å². The van der Waals surface area contributed by atoms with Crippen LogP contribution in [0.15, 0.2) is 29.2 Å². The van der Waals surface area contributed by atoms with Crippen LogP contribution in [0.5, 0.6) is 0 Å². The normalized spacial score (nSPS) is 13.3. The summed E-state index contributed by atoms with van der Waals surface area (Å²) in [5.41, 5.74) is 0.677. The van der Waals surface area contributed by atoms with Gasteiger partial charge in [0.2, 0.25) is 0 Å². The Morgan fingerprint density at radius 2 is 1.94 bits per heavy atom. The molecular weight excluding hydrogens is 270 g/mol. The van der Waals surface area contributed by atoms with Gasteiger partial charge in [-0.15, -0.1) is 11.6 Å². The van der Waals surface area contributed by atoms with Crippen molar-refractivity contribution in [3.63, 3.8) is 0 Å². The molecule has 3 nitrogen and oxygen atoms in total. The number of benzene rings is 1. The van der Waals surface area contributed by atoms with Gasteiger partial charge in [0.25, 0.3) is 0 Å². The van der Waals surface area contributed by atoms with Crippen molar-refractivity contribution >= 4 is 27.1 Å². The number of nitrogens with one attached hydrogen (secondary N) is 1. The molecule has 102 valence electrons. The molecule has 0 bridgehead atoms. The van der Waals surface area contributed by atoms with Gasteiger partial charge < -0.3 is 5.32 Å². The van der Waals surface area contributed by atoms with Crippen molar-refractivity contribution in [2.45, 2.75) is 37.6 Å². The van der Waals surface area contributed by atoms with Crippen LogP contribution in [-0.4, -0.2) is 26.1 Å². The minimum absolute atomic E-state index is 0.109. The first-order chi connectivity index (χ1) is 8.55. The molecule has 5 heteroatoms. The molecule has 0 radical (unpaired) electrons. The van der Waals surface area contributed by atoms with Gasteiger partial charge in [0.1, 0.15) is 0 Å². The van der Waals surface area contributed by atoms with Crippen LogP contribution < -0.4 is 5.32 Å². The van der Waals surface area contributed by atoms with Gasteiger partial charge in [0, 0.05) is 11.9 Å². The van der Waals surface area contributed by atoms with Crippen LogP contribution >= 0.6 is 11.6 Å². The molecule has 1 aromatic carbocycles. The second kappa shape index (κ2) is 7.00. The van der Waals surface area contributed by atoms with Crippen LogP contribution in [-0.2, 0) is 9.84 Å². The molecule has 0 amide bonds. The van der Waals surface area contributed by atoms with Crippen LogP contribution in [0.3, 0.4) is 0 Å². The summed E-state index contributed by atoms with van der Waals surface area (Å²) in [6.45, 7) is 3.71. The lowest BCUT2D eigenvalue weighted by Crippen LogP contribution is -2.20. The van der Waals surface area contributed by atoms with E-state index < -0.39 is 9.84 Å². The fourth-order valence-corrected chi connectivity index (χ4v) is 3.06. The van der Waals surface area contributed by atoms with E-state index in [-0.39, 0.29) is 11.8 Å². The maximum absolute atomic E-state index is 12.0. The van der Waals surface area contributed by atoms with Crippen molar-refractivity contribution < 1.29 is 8.42 Å². The van der Waals surface area contributed by atoms with E-state index in [9.17, 15) is 8.42 Å². The van der Waals surface area contributed by atoms with Crippen molar-refractivity contribution in [2.24, 2.45) is 0 Å². The summed E-state index contributed by atoms with van der Waals surface area (Å²) in [6.07, 6.45) is 1.73. The molecule has 1 rings (SSSR count). The third kappa shape index (κ3) is 3.89. The van der Waals surface area contributed by atoms with Gasteiger partial charge >= 0.3 is 0 Å². The second-order valence-corrected chi connectivity index (χ2v) is 6.75. The summed E-state index contributed by atoms with van der Waals surface area (Å²) < 4.78 is 24.0. The zero-order valence-corrected chi connectivity index (χ0v) is 12.4. The van der Waals surface area contributed by atoms with Gasteiger partial charge in [-0.05, 0) is 25.0 Å². The van der Waals surface area contributed by atoms with Crippen LogP contribution in [0.25, 0.3) is 0 Å². The molecule has 0 aliphatic heterocycles. The summed E-state index contributed by atoms with van der Waals surface area (Å²) >= 11 is 5.74. The van der Waals surface area contributed by atoms with Gasteiger partial charge in [-0.1, -0.05) is 26.0 Å². The average molecular weight is 290 g/mol. The molecule has 18 heavy (non-hydrogen) atoms. The molecule has 0 aliphatic carbocycles. The Hall–Kier alpha value is -0.740. The molecule has 0 fully saturated rings. The molecule has 1 aromatic rings. The van der Waals surface area contributed by atoms with Gasteiger partial charge in [-0.3, -0.25) is 0 Å². The summed E-state index contributed by atoms with van der Waals surface area (Å²) in [5, 5.41) is 3.28. The van der Waals surface area contributed by atoms with E-state index in [1.165, 1.54) is 0 Å². The van der Waals surface area contributed by atoms with Crippen molar-refractivity contribution in [3.8, 4) is 0 Å². The van der Waals surface area contributed by atoms with Crippen molar-refractivity contribution in [2.75, 3.05) is 16.9 Å². The van der Waals surface area contributed by atoms with E-state index in [1.807, 2.05) is 6.07 Å². The third-order valence-corrected chi connectivity index (χ3v) is 4.92. The van der Waals surface area contributed by atoms with Crippen LogP contribution in [0.2, 0.25) is 0 Å². The molecule has 0 saturated heterocycles. The first kappa shape index (κ1) is 15.3. The summed E-state index contributed by atoms with van der Waals surface area (Å²) in [5.74, 6) is 0.673. The molecule has 0 aliphatic rings. The molecule has 1 unspecified atom stereocenters. The lowest BCUT2D eigenvalue weighted by Gasteiger charge is -2.19. The third-order valence-electron chi connectivity index (χ3n) is 2.91. The zero-order chi connectivity index (χ0) is 13.6. The van der Waals surface area contributed by atoms with Crippen LogP contribution in [0, 0.1) is 0 Å². The Morgan fingerprint density at radius 1 is 1.28 bits per heavy atom. The SMILES string of the molecule is CCC(CCCl)Nc1ccccc1S(=O)(=O)CC. The maximum Gasteiger partial charge on any atom is 0.180 e. The Morgan fingerprint density at radius 3 is 2.50 bits per heavy atom. The summed E-state index contributed by atoms with van der Waals surface area (Å²) in [6, 6.07) is 7.24. The van der Waals surface area contributed by atoms with Crippen LogP contribution in [0.1, 0.15) is 26.7 Å². The predicted molar refractivity (Wildman–Crippen MR) is 77.2 cm³/mol. The van der Waals surface area contributed by atoms with E-state index in [1.54, 1.807) is 25.1 Å². The van der Waals surface area contributed by atoms with E-state index in [2.05, 4.69) is 12.2 Å². The predicted octanol–water partition coefficient (Wildman–Crippen LogP) is 3.30. The van der Waals surface area contributed by atoms with E-state index >= 15 is 0 Å². The van der Waals surface area contributed by atoms with Crippen molar-refractivity contribution in [3.05, 3.63) is 24.3 Å². The first-order valence-corrected chi connectivity index (χ1v) is 8.38. The molecule has 0 spiro atoms. The van der Waals surface area contributed by atoms with Gasteiger partial charge in [0.15, 0.2) is 9.84 Å². The number of rotatable bonds is 7. The van der Waals surface area contributed by atoms with Crippen molar-refractivity contribution in [1.29, 1.82) is 0 Å². The number of para-hydroxylation sites is 1. The maximum atomic E-state index is 12.0. The lowest BCUT2D eigenvalue weighted by atomic mass is 10.1. The Labute approximate surface area is 114 Å². The largest absolute Gasteiger partial charge is 0.381 e. The highest BCUT2D eigenvalue weighted by atomic mass is 35.5. The fourth-order valence-electron chi connectivity index (χ4n) is 1.74. The molecule has 0 saturated carbocycles. The summed E-state index contributed by atoms with van der Waals surface area (Å²) in [4.78, 5) is 0.375. The highest BCUT2D eigenvalue weighted by molar-refractivity contribution is 7.91. The number of anilines is 1. The number of hydrogen-bond donors (Lipinski definition) is 1. The summed E-state index contributed by atoms with van der Waals surface area (Å²) in [7, 11) is -3.19. The van der Waals surface area contributed by atoms with Crippen LogP contribution in [0.4, 0.5) is 5.69 Å². The molecule has 1 N–H and O–H groups in total. The number of halogens is 1. The standard InChI is InChI=1S/C13H20ClNO2S/c1-3-11(9-10-14)15-12-7-5-6-8-13(12)18(16,17)4-2/h5-8,11,15H,3-4,9-10H2,1-2H3. The highest BCUT2D eigenvalue weighted by Gasteiger charge is 2.17. The Balaban J connectivity index is 3.03. The van der Waals surface area contributed by atoms with Gasteiger partial charge in [-0.25, -0.2) is 8.42 Å². The Kier molecular flexibility index (Phi) is 5.96. The number of sulfone groups is 1. The lowest BCUT2D eigenvalue weighted by molar-refractivity contribution is 0.597. The topological polar surface area (TPSA) is 46.2 Å². The monoisotopic (exact) mass is 289 g/mol.